The first-order valence-electron chi connectivity index (χ1n) is 9.93. The van der Waals surface area contributed by atoms with E-state index in [-0.39, 0.29) is 24.5 Å². The van der Waals surface area contributed by atoms with Crippen LogP contribution in [0.25, 0.3) is 10.7 Å². The van der Waals surface area contributed by atoms with E-state index in [9.17, 15) is 14.4 Å². The van der Waals surface area contributed by atoms with Crippen LogP contribution in [0.15, 0.2) is 40.2 Å². The molecule has 3 aromatic rings. The number of amides is 1. The first-order chi connectivity index (χ1) is 14.9. The van der Waals surface area contributed by atoms with Gasteiger partial charge in [0.1, 0.15) is 0 Å². The van der Waals surface area contributed by atoms with E-state index in [1.54, 1.807) is 30.0 Å². The maximum atomic E-state index is 12.7. The number of thiophene rings is 1. The Kier molecular flexibility index (Phi) is 5.94. The van der Waals surface area contributed by atoms with E-state index in [1.165, 1.54) is 18.3 Å². The Labute approximate surface area is 182 Å². The number of hydrogen-bond donors (Lipinski definition) is 0. The van der Waals surface area contributed by atoms with Crippen molar-refractivity contribution in [1.29, 1.82) is 0 Å². The molecule has 0 N–H and O–H groups in total. The molecule has 160 valence electrons. The molecule has 8 nitrogen and oxygen atoms in total. The van der Waals surface area contributed by atoms with Crippen LogP contribution in [0, 0.1) is 0 Å². The zero-order valence-electron chi connectivity index (χ0n) is 17.2. The Balaban J connectivity index is 1.32. The highest BCUT2D eigenvalue weighted by Gasteiger charge is 2.25. The van der Waals surface area contributed by atoms with Crippen molar-refractivity contribution in [3.63, 3.8) is 0 Å². The van der Waals surface area contributed by atoms with Crippen LogP contribution < -0.4 is 4.90 Å². The monoisotopic (exact) mass is 439 g/mol. The number of fused-ring (bicyclic) bond motifs is 1. The van der Waals surface area contributed by atoms with Gasteiger partial charge in [-0.3, -0.25) is 14.4 Å². The van der Waals surface area contributed by atoms with Crippen LogP contribution in [-0.4, -0.2) is 40.4 Å². The second-order valence-electron chi connectivity index (χ2n) is 7.25. The number of hydrogen-bond acceptors (Lipinski definition) is 8. The summed E-state index contributed by atoms with van der Waals surface area (Å²) in [7, 11) is 0. The number of carbonyl (C=O) groups excluding carboxylic acids is 3. The second-order valence-corrected chi connectivity index (χ2v) is 8.20. The van der Waals surface area contributed by atoms with E-state index in [1.807, 2.05) is 17.5 Å². The Morgan fingerprint density at radius 2 is 2.13 bits per heavy atom. The standard InChI is InChI=1S/C22H21N3O5S/c1-13(21(28)16-5-6-17-15(12-16)9-10-25(17)14(2)26)29-20(27)8-7-19-23-22(24-30-19)18-4-3-11-31-18/h3-6,11-13H,7-10H2,1-2H3/t13-/m0/s1. The number of aromatic nitrogens is 2. The number of ether oxygens (including phenoxy) is 1. The number of esters is 1. The summed E-state index contributed by atoms with van der Waals surface area (Å²) in [5, 5.41) is 5.82. The molecule has 4 rings (SSSR count). The highest BCUT2D eigenvalue weighted by molar-refractivity contribution is 7.13. The number of rotatable bonds is 7. The van der Waals surface area contributed by atoms with Crippen LogP contribution in [0.4, 0.5) is 5.69 Å². The molecule has 0 aliphatic carbocycles. The first-order valence-corrected chi connectivity index (χ1v) is 10.8. The molecule has 1 aliphatic rings. The maximum absolute atomic E-state index is 12.7. The minimum atomic E-state index is -0.916. The normalized spacial score (nSPS) is 13.7. The van der Waals surface area contributed by atoms with Crippen molar-refractivity contribution in [3.8, 4) is 10.7 Å². The summed E-state index contributed by atoms with van der Waals surface area (Å²) >= 11 is 1.50. The second kappa shape index (κ2) is 8.81. The van der Waals surface area contributed by atoms with Crippen molar-refractivity contribution in [2.45, 2.75) is 39.2 Å². The SMILES string of the molecule is CC(=O)N1CCc2cc(C(=O)[C@H](C)OC(=O)CCc3nc(-c4cccs4)no3)ccc21. The highest BCUT2D eigenvalue weighted by Crippen LogP contribution is 2.29. The Bertz CT molecular complexity index is 1120. The largest absolute Gasteiger partial charge is 0.454 e. The molecule has 1 aromatic carbocycles. The van der Waals surface area contributed by atoms with Crippen LogP contribution in [0.1, 0.15) is 42.1 Å². The number of benzene rings is 1. The topological polar surface area (TPSA) is 103 Å². The van der Waals surface area contributed by atoms with Gasteiger partial charge in [-0.05, 0) is 48.6 Å². The molecule has 1 atom stereocenters. The van der Waals surface area contributed by atoms with E-state index in [4.69, 9.17) is 9.26 Å². The molecule has 0 saturated heterocycles. The fraction of sp³-hybridized carbons (Fsp3) is 0.318. The molecule has 0 spiro atoms. The maximum Gasteiger partial charge on any atom is 0.307 e. The number of aryl methyl sites for hydroxylation is 1. The lowest BCUT2D eigenvalue weighted by molar-refractivity contribution is -0.146. The first kappa shape index (κ1) is 20.9. The Hall–Kier alpha value is -3.33. The molecule has 0 bridgehead atoms. The fourth-order valence-electron chi connectivity index (χ4n) is 3.50. The van der Waals surface area contributed by atoms with E-state index < -0.39 is 12.1 Å². The van der Waals surface area contributed by atoms with Gasteiger partial charge < -0.3 is 14.2 Å². The van der Waals surface area contributed by atoms with E-state index >= 15 is 0 Å². The highest BCUT2D eigenvalue weighted by atomic mass is 32.1. The number of nitrogens with zero attached hydrogens (tertiary/aromatic N) is 3. The minimum Gasteiger partial charge on any atom is -0.454 e. The average molecular weight is 439 g/mol. The number of anilines is 1. The van der Waals surface area contributed by atoms with Gasteiger partial charge in [-0.1, -0.05) is 11.2 Å². The van der Waals surface area contributed by atoms with Gasteiger partial charge in [-0.15, -0.1) is 11.3 Å². The van der Waals surface area contributed by atoms with Gasteiger partial charge in [-0.25, -0.2) is 0 Å². The summed E-state index contributed by atoms with van der Waals surface area (Å²) in [5.74, 6) is 0.00885. The minimum absolute atomic E-state index is 0.0242. The van der Waals surface area contributed by atoms with Gasteiger partial charge in [0.25, 0.3) is 0 Å². The van der Waals surface area contributed by atoms with Crippen LogP contribution in [0.3, 0.4) is 0 Å². The predicted molar refractivity (Wildman–Crippen MR) is 114 cm³/mol. The predicted octanol–water partition coefficient (Wildman–Crippen LogP) is 3.45. The lowest BCUT2D eigenvalue weighted by Crippen LogP contribution is -2.26. The van der Waals surface area contributed by atoms with Gasteiger partial charge >= 0.3 is 5.97 Å². The quantitative estimate of drug-likeness (QED) is 0.410. The third-order valence-electron chi connectivity index (χ3n) is 5.07. The summed E-state index contributed by atoms with van der Waals surface area (Å²) in [5.41, 5.74) is 2.23. The smallest absolute Gasteiger partial charge is 0.307 e. The van der Waals surface area contributed by atoms with Crippen LogP contribution in [0.5, 0.6) is 0 Å². The summed E-state index contributed by atoms with van der Waals surface area (Å²) in [6, 6.07) is 8.99. The van der Waals surface area contributed by atoms with Gasteiger partial charge in [0, 0.05) is 31.1 Å². The van der Waals surface area contributed by atoms with Crippen molar-refractivity contribution in [2.75, 3.05) is 11.4 Å². The van der Waals surface area contributed by atoms with Gasteiger partial charge in [-0.2, -0.15) is 4.98 Å². The lowest BCUT2D eigenvalue weighted by Gasteiger charge is -2.16. The molecule has 9 heteroatoms. The molecular weight excluding hydrogens is 418 g/mol. The third-order valence-corrected chi connectivity index (χ3v) is 5.94. The Morgan fingerprint density at radius 1 is 1.29 bits per heavy atom. The van der Waals surface area contributed by atoms with Crippen LogP contribution in [-0.2, 0) is 27.2 Å². The summed E-state index contributed by atoms with van der Waals surface area (Å²) in [6.45, 7) is 3.68. The van der Waals surface area contributed by atoms with Crippen molar-refractivity contribution in [3.05, 3.63) is 52.7 Å². The van der Waals surface area contributed by atoms with Crippen molar-refractivity contribution in [2.24, 2.45) is 0 Å². The zero-order valence-corrected chi connectivity index (χ0v) is 18.0. The Morgan fingerprint density at radius 3 is 2.87 bits per heavy atom. The molecule has 31 heavy (non-hydrogen) atoms. The molecule has 0 radical (unpaired) electrons. The molecule has 3 heterocycles. The van der Waals surface area contributed by atoms with E-state index in [2.05, 4.69) is 10.1 Å². The number of ketones is 1. The number of Topliss-reactive ketones (excluding diaryl/α,β-unsaturated/α-hetero) is 1. The van der Waals surface area contributed by atoms with E-state index in [0.29, 0.717) is 30.2 Å². The number of carbonyl (C=O) groups is 3. The van der Waals surface area contributed by atoms with Crippen LogP contribution >= 0.6 is 11.3 Å². The molecule has 2 aromatic heterocycles. The van der Waals surface area contributed by atoms with Gasteiger partial charge in [0.05, 0.1) is 11.3 Å². The molecule has 1 amide bonds. The van der Waals surface area contributed by atoms with Crippen molar-refractivity contribution < 1.29 is 23.6 Å². The molecule has 0 unspecified atom stereocenters. The third kappa shape index (κ3) is 4.56. The summed E-state index contributed by atoms with van der Waals surface area (Å²) in [6.07, 6.45) is 0.0430. The molecule has 0 saturated carbocycles. The average Bonchev–Trinajstić information content (AvgIpc) is 3.51. The summed E-state index contributed by atoms with van der Waals surface area (Å²) in [4.78, 5) is 43.4. The summed E-state index contributed by atoms with van der Waals surface area (Å²) < 4.78 is 10.5. The van der Waals surface area contributed by atoms with Crippen molar-refractivity contribution >= 4 is 34.7 Å². The van der Waals surface area contributed by atoms with Crippen molar-refractivity contribution in [1.82, 2.24) is 10.1 Å². The van der Waals surface area contributed by atoms with Gasteiger partial charge in [0.2, 0.25) is 23.4 Å². The fourth-order valence-corrected chi connectivity index (χ4v) is 4.15. The molecule has 0 fully saturated rings. The van der Waals surface area contributed by atoms with Gasteiger partial charge in [0.15, 0.2) is 6.10 Å². The zero-order chi connectivity index (χ0) is 22.0. The molecular formula is C22H21N3O5S. The lowest BCUT2D eigenvalue weighted by atomic mass is 10.0. The van der Waals surface area contributed by atoms with E-state index in [0.717, 1.165) is 16.1 Å². The molecule has 1 aliphatic heterocycles. The van der Waals surface area contributed by atoms with Crippen LogP contribution in [0.2, 0.25) is 0 Å².